The molecule has 0 N–H and O–H groups in total. The summed E-state index contributed by atoms with van der Waals surface area (Å²) < 4.78 is 64.0. The summed E-state index contributed by atoms with van der Waals surface area (Å²) in [4.78, 5) is 2.37. The van der Waals surface area contributed by atoms with Crippen molar-refractivity contribution in [1.29, 1.82) is 0 Å². The van der Waals surface area contributed by atoms with E-state index in [1.54, 1.807) is 0 Å². The summed E-state index contributed by atoms with van der Waals surface area (Å²) in [5.74, 6) is 0.659. The van der Waals surface area contributed by atoms with Gasteiger partial charge >= 0.3 is 6.18 Å². The first-order valence-electron chi connectivity index (χ1n) is 9.59. The van der Waals surface area contributed by atoms with Gasteiger partial charge in [-0.2, -0.15) is 18.3 Å². The van der Waals surface area contributed by atoms with Crippen molar-refractivity contribution in [3.05, 3.63) is 17.5 Å². The predicted molar refractivity (Wildman–Crippen MR) is 95.3 cm³/mol. The minimum atomic E-state index is -4.43. The average molecular weight is 405 g/mol. The first kappa shape index (κ1) is 19.2. The third-order valence-corrected chi connectivity index (χ3v) is 8.51. The molecule has 0 amide bonds. The summed E-state index contributed by atoms with van der Waals surface area (Å²) in [6.45, 7) is 5.40. The molecule has 0 unspecified atom stereocenters. The van der Waals surface area contributed by atoms with Gasteiger partial charge in [-0.25, -0.2) is 8.42 Å². The molecule has 0 bridgehead atoms. The van der Waals surface area contributed by atoms with E-state index in [2.05, 4.69) is 10.00 Å². The molecule has 2 atom stereocenters. The number of halogens is 3. The summed E-state index contributed by atoms with van der Waals surface area (Å²) in [5, 5.41) is 3.82. The van der Waals surface area contributed by atoms with E-state index in [-0.39, 0.29) is 17.4 Å². The van der Waals surface area contributed by atoms with Crippen LogP contribution in [0.15, 0.2) is 6.07 Å². The number of aromatic nitrogens is 2. The van der Waals surface area contributed by atoms with Gasteiger partial charge < -0.3 is 0 Å². The highest BCUT2D eigenvalue weighted by Crippen LogP contribution is 2.46. The molecule has 1 saturated carbocycles. The van der Waals surface area contributed by atoms with Crippen molar-refractivity contribution in [3.8, 4) is 0 Å². The molecule has 9 heteroatoms. The van der Waals surface area contributed by atoms with Gasteiger partial charge in [-0.1, -0.05) is 0 Å². The van der Waals surface area contributed by atoms with Crippen molar-refractivity contribution in [2.75, 3.05) is 24.6 Å². The maximum absolute atomic E-state index is 13.1. The van der Waals surface area contributed by atoms with Gasteiger partial charge in [0.1, 0.15) is 0 Å². The van der Waals surface area contributed by atoms with Gasteiger partial charge in [0.25, 0.3) is 0 Å². The van der Waals surface area contributed by atoms with Gasteiger partial charge in [-0.05, 0) is 52.1 Å². The van der Waals surface area contributed by atoms with Crippen LogP contribution >= 0.6 is 0 Å². The Hall–Kier alpha value is -1.09. The molecule has 152 valence electrons. The van der Waals surface area contributed by atoms with Gasteiger partial charge in [0, 0.05) is 35.7 Å². The Balaban J connectivity index is 1.47. The topological polar surface area (TPSA) is 55.2 Å². The monoisotopic (exact) mass is 405 g/mol. The third-order valence-electron chi connectivity index (χ3n) is 6.40. The van der Waals surface area contributed by atoms with Crippen molar-refractivity contribution in [1.82, 2.24) is 14.7 Å². The second-order valence-corrected chi connectivity index (χ2v) is 11.0. The van der Waals surface area contributed by atoms with Crippen molar-refractivity contribution in [3.63, 3.8) is 0 Å². The molecule has 3 heterocycles. The maximum atomic E-state index is 13.1. The van der Waals surface area contributed by atoms with Crippen LogP contribution in [0.25, 0.3) is 0 Å². The van der Waals surface area contributed by atoms with Crippen LogP contribution in [-0.2, 0) is 16.0 Å². The zero-order chi connectivity index (χ0) is 19.6. The van der Waals surface area contributed by atoms with E-state index in [0.717, 1.165) is 38.8 Å². The van der Waals surface area contributed by atoms with Gasteiger partial charge in [0.2, 0.25) is 0 Å². The molecule has 1 aromatic rings. The SMILES string of the molecule is CC(C)n1nc(C(F)(F)F)cc1[C@H]1CC[C@H](N2CCC3(C2)CS(=O)(=O)C3)C1. The quantitative estimate of drug-likeness (QED) is 0.775. The van der Waals surface area contributed by atoms with Crippen LogP contribution in [0.5, 0.6) is 0 Å². The Bertz CT molecular complexity index is 819. The molecule has 3 aliphatic rings. The highest BCUT2D eigenvalue weighted by molar-refractivity contribution is 7.92. The molecule has 0 aromatic carbocycles. The van der Waals surface area contributed by atoms with Crippen LogP contribution in [0.2, 0.25) is 0 Å². The Morgan fingerprint density at radius 3 is 2.56 bits per heavy atom. The molecular weight excluding hydrogens is 379 g/mol. The van der Waals surface area contributed by atoms with Crippen molar-refractivity contribution < 1.29 is 21.6 Å². The Labute approximate surface area is 157 Å². The van der Waals surface area contributed by atoms with E-state index in [9.17, 15) is 21.6 Å². The van der Waals surface area contributed by atoms with Gasteiger partial charge in [-0.15, -0.1) is 0 Å². The number of rotatable bonds is 3. The smallest absolute Gasteiger partial charge is 0.300 e. The van der Waals surface area contributed by atoms with Crippen LogP contribution in [0.3, 0.4) is 0 Å². The Morgan fingerprint density at radius 2 is 1.96 bits per heavy atom. The highest BCUT2D eigenvalue weighted by Gasteiger charge is 2.53. The number of hydrogen-bond acceptors (Lipinski definition) is 4. The second kappa shape index (κ2) is 6.20. The number of hydrogen-bond donors (Lipinski definition) is 0. The summed E-state index contributed by atoms with van der Waals surface area (Å²) in [7, 11) is -2.85. The zero-order valence-corrected chi connectivity index (χ0v) is 16.5. The van der Waals surface area contributed by atoms with E-state index in [0.29, 0.717) is 23.2 Å². The minimum Gasteiger partial charge on any atom is -0.300 e. The van der Waals surface area contributed by atoms with Gasteiger partial charge in [-0.3, -0.25) is 9.58 Å². The van der Waals surface area contributed by atoms with Crippen molar-refractivity contribution in [2.45, 2.75) is 63.7 Å². The molecule has 2 saturated heterocycles. The number of nitrogens with zero attached hydrogens (tertiary/aromatic N) is 3. The maximum Gasteiger partial charge on any atom is 0.435 e. The first-order chi connectivity index (χ1) is 12.5. The van der Waals surface area contributed by atoms with E-state index in [1.807, 2.05) is 13.8 Å². The lowest BCUT2D eigenvalue weighted by molar-refractivity contribution is -0.141. The molecule has 2 aliphatic heterocycles. The fraction of sp³-hybridized carbons (Fsp3) is 0.833. The molecular formula is C18H26F3N3O2S. The molecule has 5 nitrogen and oxygen atoms in total. The Morgan fingerprint density at radius 1 is 1.26 bits per heavy atom. The molecule has 1 aromatic heterocycles. The molecule has 1 spiro atoms. The summed E-state index contributed by atoms with van der Waals surface area (Å²) in [6, 6.07) is 1.42. The van der Waals surface area contributed by atoms with Crippen LogP contribution < -0.4 is 0 Å². The molecule has 0 radical (unpaired) electrons. The molecule has 27 heavy (non-hydrogen) atoms. The predicted octanol–water partition coefficient (Wildman–Crippen LogP) is 3.24. The second-order valence-electron chi connectivity index (χ2n) is 8.91. The normalized spacial score (nSPS) is 30.3. The van der Waals surface area contributed by atoms with Gasteiger partial charge in [0.05, 0.1) is 11.5 Å². The number of sulfone groups is 1. The fourth-order valence-electron chi connectivity index (χ4n) is 5.23. The van der Waals surface area contributed by atoms with Crippen LogP contribution in [0, 0.1) is 5.41 Å². The standard InChI is InChI=1S/C18H26F3N3O2S/c1-12(2)24-15(8-16(22-24)18(19,20)21)13-3-4-14(7-13)23-6-5-17(9-23)10-27(25,26)11-17/h8,12-14H,3-7,9-11H2,1-2H3/t13-,14-/m0/s1. The molecule has 3 fully saturated rings. The fourth-order valence-corrected chi connectivity index (χ4v) is 7.48. The lowest BCUT2D eigenvalue weighted by atomic mass is 9.91. The molecule has 1 aliphatic carbocycles. The summed E-state index contributed by atoms with van der Waals surface area (Å²) >= 11 is 0. The highest BCUT2D eigenvalue weighted by atomic mass is 32.2. The molecule has 4 rings (SSSR count). The van der Waals surface area contributed by atoms with Crippen LogP contribution in [0.1, 0.15) is 62.9 Å². The lowest BCUT2D eigenvalue weighted by Crippen LogP contribution is -2.50. The van der Waals surface area contributed by atoms with E-state index >= 15 is 0 Å². The van der Waals surface area contributed by atoms with Crippen LogP contribution in [0.4, 0.5) is 13.2 Å². The van der Waals surface area contributed by atoms with Crippen molar-refractivity contribution in [2.24, 2.45) is 5.41 Å². The number of likely N-dealkylation sites (tertiary alicyclic amines) is 1. The first-order valence-corrected chi connectivity index (χ1v) is 11.4. The van der Waals surface area contributed by atoms with Crippen LogP contribution in [-0.4, -0.2) is 53.7 Å². The third kappa shape index (κ3) is 3.52. The largest absolute Gasteiger partial charge is 0.435 e. The van der Waals surface area contributed by atoms with Gasteiger partial charge in [0.15, 0.2) is 15.5 Å². The summed E-state index contributed by atoms with van der Waals surface area (Å²) in [5.41, 5.74) is -0.200. The summed E-state index contributed by atoms with van der Waals surface area (Å²) in [6.07, 6.45) is -0.904. The lowest BCUT2D eigenvalue weighted by Gasteiger charge is -2.38. The van der Waals surface area contributed by atoms with Crippen molar-refractivity contribution >= 4 is 9.84 Å². The average Bonchev–Trinajstić information content (AvgIpc) is 3.21. The number of alkyl halides is 3. The van der Waals surface area contributed by atoms with E-state index < -0.39 is 21.7 Å². The van der Waals surface area contributed by atoms with E-state index in [4.69, 9.17) is 0 Å². The zero-order valence-electron chi connectivity index (χ0n) is 15.7. The minimum absolute atomic E-state index is 0.0694. The Kier molecular flexibility index (Phi) is 4.42. The van der Waals surface area contributed by atoms with E-state index in [1.165, 1.54) is 10.7 Å².